The third kappa shape index (κ3) is 4.93. The number of allylic oxidation sites excluding steroid dienone is 5. The molecule has 6 aromatic carbocycles. The summed E-state index contributed by atoms with van der Waals surface area (Å²) in [6, 6.07) is 48.9. The van der Waals surface area contributed by atoms with Gasteiger partial charge >= 0.3 is 0 Å². The predicted molar refractivity (Wildman–Crippen MR) is 217 cm³/mol. The maximum Gasteiger partial charge on any atom is 0.135 e. The van der Waals surface area contributed by atoms with Gasteiger partial charge in [-0.2, -0.15) is 0 Å². The van der Waals surface area contributed by atoms with E-state index in [4.69, 9.17) is 4.74 Å². The Morgan fingerprint density at radius 1 is 0.673 bits per heavy atom. The predicted octanol–water partition coefficient (Wildman–Crippen LogP) is 12.4. The summed E-state index contributed by atoms with van der Waals surface area (Å²) in [5.41, 5.74) is 14.0. The Labute approximate surface area is 306 Å². The SMILES string of the molecule is CC1(C)c2cc(N(Cc3ccc(-c4ccccc4)cc3)C3=C4c5cc(-c6ccccc6)c6ccccc6c5OC4CC=C3)ccc2C2C=CC=CC21. The molecule has 2 nitrogen and oxygen atoms in total. The van der Waals surface area contributed by atoms with Crippen molar-refractivity contribution in [1.82, 2.24) is 0 Å². The number of fused-ring (bicyclic) bond motifs is 8. The fraction of sp³-hybridized carbons (Fsp3) is 0.160. The van der Waals surface area contributed by atoms with Crippen molar-refractivity contribution in [3.05, 3.63) is 198 Å². The number of nitrogens with zero attached hydrogens (tertiary/aromatic N) is 1. The summed E-state index contributed by atoms with van der Waals surface area (Å²) in [6.07, 6.45) is 14.7. The normalized spacial score (nSPS) is 20.3. The van der Waals surface area contributed by atoms with E-state index >= 15 is 0 Å². The van der Waals surface area contributed by atoms with Crippen molar-refractivity contribution < 1.29 is 4.74 Å². The average Bonchev–Trinajstić information content (AvgIpc) is 3.70. The monoisotopic (exact) mass is 671 g/mol. The van der Waals surface area contributed by atoms with E-state index in [0.717, 1.165) is 18.7 Å². The molecule has 2 heteroatoms. The van der Waals surface area contributed by atoms with E-state index in [2.05, 4.69) is 189 Å². The van der Waals surface area contributed by atoms with E-state index in [-0.39, 0.29) is 11.5 Å². The lowest BCUT2D eigenvalue weighted by Crippen LogP contribution is -2.27. The number of hydrogen-bond acceptors (Lipinski definition) is 2. The van der Waals surface area contributed by atoms with Crippen LogP contribution in [-0.2, 0) is 12.0 Å². The molecule has 0 saturated heterocycles. The highest BCUT2D eigenvalue weighted by molar-refractivity contribution is 6.05. The highest BCUT2D eigenvalue weighted by Crippen LogP contribution is 2.55. The van der Waals surface area contributed by atoms with Crippen LogP contribution in [0.4, 0.5) is 5.69 Å². The molecule has 6 aromatic rings. The molecule has 0 N–H and O–H groups in total. The van der Waals surface area contributed by atoms with E-state index in [1.165, 1.54) is 72.2 Å². The van der Waals surface area contributed by atoms with Gasteiger partial charge < -0.3 is 9.64 Å². The van der Waals surface area contributed by atoms with Crippen molar-refractivity contribution in [2.45, 2.75) is 44.2 Å². The number of rotatable bonds is 6. The first-order chi connectivity index (χ1) is 25.5. The van der Waals surface area contributed by atoms with Crippen LogP contribution in [0.2, 0.25) is 0 Å². The van der Waals surface area contributed by atoms with Crippen LogP contribution in [0.25, 0.3) is 38.6 Å². The van der Waals surface area contributed by atoms with Crippen molar-refractivity contribution in [3.8, 4) is 28.0 Å². The topological polar surface area (TPSA) is 12.5 Å². The molecule has 0 radical (unpaired) electrons. The second-order valence-corrected chi connectivity index (χ2v) is 15.2. The summed E-state index contributed by atoms with van der Waals surface area (Å²) >= 11 is 0. The van der Waals surface area contributed by atoms with Crippen molar-refractivity contribution in [2.75, 3.05) is 4.90 Å². The number of ether oxygens (including phenoxy) is 1. The molecule has 1 heterocycles. The summed E-state index contributed by atoms with van der Waals surface area (Å²) in [4.78, 5) is 2.55. The molecular formula is C50H41NO. The quantitative estimate of drug-likeness (QED) is 0.175. The van der Waals surface area contributed by atoms with Gasteiger partial charge in [0.05, 0.1) is 0 Å². The number of hydrogen-bond donors (Lipinski definition) is 0. The molecule has 3 aliphatic carbocycles. The van der Waals surface area contributed by atoms with Gasteiger partial charge in [0.25, 0.3) is 0 Å². The molecule has 52 heavy (non-hydrogen) atoms. The minimum Gasteiger partial charge on any atom is -0.484 e. The molecule has 3 atom stereocenters. The molecule has 0 aromatic heterocycles. The van der Waals surface area contributed by atoms with Gasteiger partial charge in [-0.1, -0.05) is 159 Å². The van der Waals surface area contributed by atoms with E-state index in [1.807, 2.05) is 0 Å². The third-order valence-electron chi connectivity index (χ3n) is 11.9. The first kappa shape index (κ1) is 30.9. The highest BCUT2D eigenvalue weighted by Gasteiger charge is 2.45. The number of benzene rings is 6. The molecular weight excluding hydrogens is 631 g/mol. The Morgan fingerprint density at radius 3 is 2.15 bits per heavy atom. The van der Waals surface area contributed by atoms with Crippen LogP contribution in [-0.4, -0.2) is 6.10 Å². The van der Waals surface area contributed by atoms with Crippen LogP contribution in [0.15, 0.2) is 176 Å². The van der Waals surface area contributed by atoms with Crippen molar-refractivity contribution in [3.63, 3.8) is 0 Å². The third-order valence-corrected chi connectivity index (χ3v) is 11.9. The Morgan fingerprint density at radius 2 is 1.37 bits per heavy atom. The summed E-state index contributed by atoms with van der Waals surface area (Å²) in [6.45, 7) is 5.59. The lowest BCUT2D eigenvalue weighted by molar-refractivity contribution is 0.281. The lowest BCUT2D eigenvalue weighted by atomic mass is 9.74. The van der Waals surface area contributed by atoms with Crippen molar-refractivity contribution >= 4 is 22.0 Å². The molecule has 252 valence electrons. The standard InChI is InChI=1S/C50H41NO/c1-50(2)44-21-12-11-19-39(44)40-29-28-37(30-45(40)50)51(32-33-24-26-35(27-25-33)34-14-5-3-6-15-34)46-22-13-23-47-48(46)43-31-42(36-16-7-4-8-17-36)38-18-9-10-20-41(38)49(43)52-47/h3-22,24-31,39,44,47H,23,32H2,1-2H3. The first-order valence-corrected chi connectivity index (χ1v) is 18.6. The van der Waals surface area contributed by atoms with E-state index in [0.29, 0.717) is 11.8 Å². The average molecular weight is 672 g/mol. The maximum absolute atomic E-state index is 6.97. The Hall–Kier alpha value is -5.86. The Kier molecular flexibility index (Phi) is 7.21. The first-order valence-electron chi connectivity index (χ1n) is 18.6. The molecule has 3 unspecified atom stereocenters. The van der Waals surface area contributed by atoms with Crippen molar-refractivity contribution in [1.29, 1.82) is 0 Å². The van der Waals surface area contributed by atoms with Gasteiger partial charge in [0.2, 0.25) is 0 Å². The van der Waals surface area contributed by atoms with Crippen LogP contribution in [0, 0.1) is 5.92 Å². The van der Waals surface area contributed by atoms with Crippen LogP contribution >= 0.6 is 0 Å². The number of anilines is 1. The van der Waals surface area contributed by atoms with Crippen molar-refractivity contribution in [2.24, 2.45) is 5.92 Å². The molecule has 0 spiro atoms. The molecule has 1 aliphatic heterocycles. The summed E-state index contributed by atoms with van der Waals surface area (Å²) < 4.78 is 6.97. The molecule has 0 saturated carbocycles. The zero-order valence-electron chi connectivity index (χ0n) is 29.7. The fourth-order valence-electron chi connectivity index (χ4n) is 9.27. The zero-order valence-corrected chi connectivity index (χ0v) is 29.7. The lowest BCUT2D eigenvalue weighted by Gasteiger charge is -2.32. The van der Waals surface area contributed by atoms with Gasteiger partial charge in [-0.25, -0.2) is 0 Å². The second-order valence-electron chi connectivity index (χ2n) is 15.2. The van der Waals surface area contributed by atoms with Crippen LogP contribution in [0.5, 0.6) is 5.75 Å². The molecule has 4 aliphatic rings. The fourth-order valence-corrected chi connectivity index (χ4v) is 9.27. The van der Waals surface area contributed by atoms with Gasteiger partial charge in [-0.3, -0.25) is 0 Å². The van der Waals surface area contributed by atoms with Gasteiger partial charge in [0.1, 0.15) is 11.9 Å². The van der Waals surface area contributed by atoms with Gasteiger partial charge in [-0.05, 0) is 79.9 Å². The molecule has 0 fully saturated rings. The Bertz CT molecular complexity index is 2460. The molecule has 10 rings (SSSR count). The second kappa shape index (κ2) is 12.1. The minimum atomic E-state index is -0.0450. The van der Waals surface area contributed by atoms with Crippen LogP contribution in [0.1, 0.15) is 48.4 Å². The van der Waals surface area contributed by atoms with Crippen LogP contribution < -0.4 is 9.64 Å². The van der Waals surface area contributed by atoms with Crippen LogP contribution in [0.3, 0.4) is 0 Å². The minimum absolute atomic E-state index is 0.0234. The van der Waals surface area contributed by atoms with E-state index < -0.39 is 0 Å². The summed E-state index contributed by atoms with van der Waals surface area (Å²) in [5.74, 6) is 1.88. The summed E-state index contributed by atoms with van der Waals surface area (Å²) in [7, 11) is 0. The molecule has 0 amide bonds. The zero-order chi connectivity index (χ0) is 34.8. The van der Waals surface area contributed by atoms with E-state index in [9.17, 15) is 0 Å². The van der Waals surface area contributed by atoms with E-state index in [1.54, 1.807) is 0 Å². The Balaban J connectivity index is 1.15. The summed E-state index contributed by atoms with van der Waals surface area (Å²) in [5, 5.41) is 2.40. The van der Waals surface area contributed by atoms with Gasteiger partial charge in [-0.15, -0.1) is 0 Å². The smallest absolute Gasteiger partial charge is 0.135 e. The maximum atomic E-state index is 6.97. The highest BCUT2D eigenvalue weighted by atomic mass is 16.5. The van der Waals surface area contributed by atoms with Gasteiger partial charge in [0.15, 0.2) is 0 Å². The van der Waals surface area contributed by atoms with Gasteiger partial charge in [0, 0.05) is 46.8 Å². The molecule has 0 bridgehead atoms. The largest absolute Gasteiger partial charge is 0.484 e.